The van der Waals surface area contributed by atoms with Crippen molar-refractivity contribution in [3.05, 3.63) is 58.9 Å². The van der Waals surface area contributed by atoms with Gasteiger partial charge >= 0.3 is 11.8 Å². The topological polar surface area (TPSA) is 67.4 Å². The van der Waals surface area contributed by atoms with Gasteiger partial charge in [0.2, 0.25) is 0 Å². The third-order valence-corrected chi connectivity index (χ3v) is 4.07. The van der Waals surface area contributed by atoms with Crippen molar-refractivity contribution in [3.63, 3.8) is 0 Å². The molecule has 0 saturated heterocycles. The lowest BCUT2D eigenvalue weighted by Gasteiger charge is -2.12. The molecule has 3 rings (SSSR count). The zero-order valence-corrected chi connectivity index (χ0v) is 13.4. The van der Waals surface area contributed by atoms with E-state index in [9.17, 15) is 14.0 Å². The molecule has 0 aromatic heterocycles. The summed E-state index contributed by atoms with van der Waals surface area (Å²) in [6, 6.07) is 8.82. The van der Waals surface area contributed by atoms with Crippen LogP contribution < -0.4 is 15.4 Å². The number of benzene rings is 2. The van der Waals surface area contributed by atoms with Crippen LogP contribution in [0.15, 0.2) is 36.4 Å². The van der Waals surface area contributed by atoms with Crippen molar-refractivity contribution >= 4 is 17.5 Å². The molecule has 0 saturated carbocycles. The lowest BCUT2D eigenvalue weighted by atomic mass is 10.0. The Morgan fingerprint density at radius 2 is 1.96 bits per heavy atom. The maximum Gasteiger partial charge on any atom is 0.313 e. The van der Waals surface area contributed by atoms with Crippen molar-refractivity contribution in [2.24, 2.45) is 0 Å². The Labute approximate surface area is 138 Å². The van der Waals surface area contributed by atoms with Crippen LogP contribution in [-0.4, -0.2) is 18.4 Å². The summed E-state index contributed by atoms with van der Waals surface area (Å²) in [7, 11) is 0. The predicted molar refractivity (Wildman–Crippen MR) is 87.3 cm³/mol. The van der Waals surface area contributed by atoms with E-state index in [0.717, 1.165) is 28.5 Å². The van der Waals surface area contributed by atoms with Gasteiger partial charge < -0.3 is 15.4 Å². The van der Waals surface area contributed by atoms with Crippen LogP contribution in [0.3, 0.4) is 0 Å². The monoisotopic (exact) mass is 328 g/mol. The van der Waals surface area contributed by atoms with Gasteiger partial charge in [0, 0.05) is 11.3 Å². The van der Waals surface area contributed by atoms with Gasteiger partial charge in [-0.1, -0.05) is 18.2 Å². The molecule has 2 amide bonds. The van der Waals surface area contributed by atoms with Crippen LogP contribution in [0.2, 0.25) is 0 Å². The highest BCUT2D eigenvalue weighted by atomic mass is 19.1. The molecule has 24 heavy (non-hydrogen) atoms. The molecule has 0 spiro atoms. The highest BCUT2D eigenvalue weighted by Crippen LogP contribution is 2.36. The van der Waals surface area contributed by atoms with Gasteiger partial charge in [-0.25, -0.2) is 4.39 Å². The van der Waals surface area contributed by atoms with Gasteiger partial charge in [0.05, 0.1) is 6.04 Å². The van der Waals surface area contributed by atoms with Gasteiger partial charge in [-0.2, -0.15) is 0 Å². The maximum absolute atomic E-state index is 13.1. The molecule has 1 aliphatic heterocycles. The lowest BCUT2D eigenvalue weighted by Crippen LogP contribution is -2.38. The van der Waals surface area contributed by atoms with Crippen LogP contribution in [0.25, 0.3) is 0 Å². The smallest absolute Gasteiger partial charge is 0.313 e. The molecule has 2 aromatic carbocycles. The van der Waals surface area contributed by atoms with E-state index in [1.165, 1.54) is 18.2 Å². The van der Waals surface area contributed by atoms with Crippen LogP contribution in [0.5, 0.6) is 5.75 Å². The van der Waals surface area contributed by atoms with Gasteiger partial charge in [0.25, 0.3) is 0 Å². The van der Waals surface area contributed by atoms with E-state index < -0.39 is 17.6 Å². The second-order valence-electron chi connectivity index (χ2n) is 5.73. The average molecular weight is 328 g/mol. The summed E-state index contributed by atoms with van der Waals surface area (Å²) in [6.07, 6.45) is 0. The fraction of sp³-hybridized carbons (Fsp3) is 0.222. The van der Waals surface area contributed by atoms with Crippen LogP contribution in [0.4, 0.5) is 10.1 Å². The van der Waals surface area contributed by atoms with E-state index in [-0.39, 0.29) is 18.3 Å². The molecule has 0 fully saturated rings. The van der Waals surface area contributed by atoms with Gasteiger partial charge in [0.1, 0.15) is 18.2 Å². The number of anilines is 1. The summed E-state index contributed by atoms with van der Waals surface area (Å²) in [5, 5.41) is 5.02. The SMILES string of the molecule is Cc1ccc2c(c1C)OCC2NC(=O)C(=O)Nc1cccc(F)c1. The standard InChI is InChI=1S/C18H17FN2O3/c1-10-6-7-14-15(9-24-16(14)11(10)2)21-18(23)17(22)20-13-5-3-4-12(19)8-13/h3-8,15H,9H2,1-2H3,(H,20,22)(H,21,23). The first-order valence-electron chi connectivity index (χ1n) is 7.56. The largest absolute Gasteiger partial charge is 0.490 e. The molecular formula is C18H17FN2O3. The first-order chi connectivity index (χ1) is 11.5. The van der Waals surface area contributed by atoms with Crippen molar-refractivity contribution in [2.75, 3.05) is 11.9 Å². The second-order valence-corrected chi connectivity index (χ2v) is 5.73. The van der Waals surface area contributed by atoms with Crippen LogP contribution in [0.1, 0.15) is 22.7 Å². The summed E-state index contributed by atoms with van der Waals surface area (Å²) in [4.78, 5) is 24.0. The molecule has 0 aliphatic carbocycles. The molecule has 2 aromatic rings. The third-order valence-electron chi connectivity index (χ3n) is 4.07. The summed E-state index contributed by atoms with van der Waals surface area (Å²) in [6.45, 7) is 4.21. The molecule has 1 heterocycles. The van der Waals surface area contributed by atoms with Gasteiger partial charge in [-0.3, -0.25) is 9.59 Å². The third kappa shape index (κ3) is 3.08. The van der Waals surface area contributed by atoms with Gasteiger partial charge in [-0.05, 0) is 43.2 Å². The van der Waals surface area contributed by atoms with E-state index >= 15 is 0 Å². The fourth-order valence-electron chi connectivity index (χ4n) is 2.63. The summed E-state index contributed by atoms with van der Waals surface area (Å²) in [5.74, 6) is -1.38. The molecule has 1 aliphatic rings. The molecule has 1 unspecified atom stereocenters. The van der Waals surface area contributed by atoms with Crippen molar-refractivity contribution in [1.29, 1.82) is 0 Å². The number of aryl methyl sites for hydroxylation is 1. The van der Waals surface area contributed by atoms with E-state index in [1.807, 2.05) is 26.0 Å². The second kappa shape index (κ2) is 6.31. The van der Waals surface area contributed by atoms with Crippen molar-refractivity contribution in [2.45, 2.75) is 19.9 Å². The molecular weight excluding hydrogens is 311 g/mol. The first-order valence-corrected chi connectivity index (χ1v) is 7.56. The van der Waals surface area contributed by atoms with Crippen molar-refractivity contribution in [3.8, 4) is 5.75 Å². The molecule has 0 bridgehead atoms. The molecule has 5 nitrogen and oxygen atoms in total. The number of fused-ring (bicyclic) bond motifs is 1. The Hall–Kier alpha value is -2.89. The molecule has 2 N–H and O–H groups in total. The minimum Gasteiger partial charge on any atom is -0.490 e. The zero-order chi connectivity index (χ0) is 17.3. The number of carbonyl (C=O) groups is 2. The maximum atomic E-state index is 13.1. The molecule has 6 heteroatoms. The minimum atomic E-state index is -0.849. The zero-order valence-electron chi connectivity index (χ0n) is 13.4. The molecule has 124 valence electrons. The minimum absolute atomic E-state index is 0.227. The lowest BCUT2D eigenvalue weighted by molar-refractivity contribution is -0.136. The molecule has 1 atom stereocenters. The number of hydrogen-bond acceptors (Lipinski definition) is 3. The Morgan fingerprint density at radius 1 is 1.17 bits per heavy atom. The van der Waals surface area contributed by atoms with Gasteiger partial charge in [-0.15, -0.1) is 0 Å². The van der Waals surface area contributed by atoms with Gasteiger partial charge in [0.15, 0.2) is 0 Å². The van der Waals surface area contributed by atoms with E-state index in [1.54, 1.807) is 0 Å². The van der Waals surface area contributed by atoms with Crippen molar-refractivity contribution in [1.82, 2.24) is 5.32 Å². The number of rotatable bonds is 2. The number of carbonyl (C=O) groups excluding carboxylic acids is 2. The number of nitrogens with one attached hydrogen (secondary N) is 2. The fourth-order valence-corrected chi connectivity index (χ4v) is 2.63. The Balaban J connectivity index is 1.68. The number of amides is 2. The molecule has 0 radical (unpaired) electrons. The Morgan fingerprint density at radius 3 is 2.71 bits per heavy atom. The van der Waals surface area contributed by atoms with Crippen LogP contribution in [0, 0.1) is 19.7 Å². The van der Waals surface area contributed by atoms with Crippen LogP contribution >= 0.6 is 0 Å². The number of halogens is 1. The van der Waals surface area contributed by atoms with E-state index in [0.29, 0.717) is 0 Å². The normalized spacial score (nSPS) is 15.4. The number of hydrogen-bond donors (Lipinski definition) is 2. The summed E-state index contributed by atoms with van der Waals surface area (Å²) < 4.78 is 18.8. The average Bonchev–Trinajstić information content (AvgIpc) is 2.94. The summed E-state index contributed by atoms with van der Waals surface area (Å²) in [5.41, 5.74) is 3.20. The van der Waals surface area contributed by atoms with Crippen molar-refractivity contribution < 1.29 is 18.7 Å². The first kappa shape index (κ1) is 16.0. The quantitative estimate of drug-likeness (QED) is 0.833. The predicted octanol–water partition coefficient (Wildman–Crippen LogP) is 2.63. The Bertz CT molecular complexity index is 820. The highest BCUT2D eigenvalue weighted by Gasteiger charge is 2.29. The van der Waals surface area contributed by atoms with E-state index in [4.69, 9.17) is 4.74 Å². The summed E-state index contributed by atoms with van der Waals surface area (Å²) >= 11 is 0. The highest BCUT2D eigenvalue weighted by molar-refractivity contribution is 6.39. The van der Waals surface area contributed by atoms with E-state index in [2.05, 4.69) is 10.6 Å². The Kier molecular flexibility index (Phi) is 4.20. The van der Waals surface area contributed by atoms with Crippen LogP contribution in [-0.2, 0) is 9.59 Å². The number of ether oxygens (including phenoxy) is 1.